The lowest BCUT2D eigenvalue weighted by molar-refractivity contribution is -0.140. The summed E-state index contributed by atoms with van der Waals surface area (Å²) in [5.41, 5.74) is 8.31. The molecular weight excluding hydrogens is 400 g/mol. The highest BCUT2D eigenvalue weighted by molar-refractivity contribution is 6.30. The molecule has 0 spiro atoms. The maximum atomic E-state index is 13.2. The summed E-state index contributed by atoms with van der Waals surface area (Å²) in [6, 6.07) is 16.5. The van der Waals surface area contributed by atoms with Crippen LogP contribution in [-0.4, -0.2) is 53.6 Å². The number of hydrazone groups is 1. The predicted octanol–water partition coefficient (Wildman–Crippen LogP) is 2.50. The van der Waals surface area contributed by atoms with Gasteiger partial charge in [-0.25, -0.2) is 5.01 Å². The number of hydrogen-bond donors (Lipinski definition) is 1. The molecule has 2 heterocycles. The molecule has 0 radical (unpaired) electrons. The number of carbonyl (C=O) groups is 2. The molecule has 2 atom stereocenters. The van der Waals surface area contributed by atoms with Crippen molar-refractivity contribution in [3.05, 3.63) is 70.7 Å². The number of fused-ring (bicyclic) bond motifs is 1. The lowest BCUT2D eigenvalue weighted by Gasteiger charge is -2.40. The number of piperidine rings is 1. The second kappa shape index (κ2) is 8.20. The van der Waals surface area contributed by atoms with Gasteiger partial charge in [0.15, 0.2) is 0 Å². The Labute approximate surface area is 181 Å². The summed E-state index contributed by atoms with van der Waals surface area (Å²) in [4.78, 5) is 28.0. The summed E-state index contributed by atoms with van der Waals surface area (Å²) >= 11 is 5.94. The van der Waals surface area contributed by atoms with Crippen molar-refractivity contribution in [2.24, 2.45) is 16.3 Å². The van der Waals surface area contributed by atoms with Crippen LogP contribution in [0.1, 0.15) is 17.5 Å². The minimum absolute atomic E-state index is 0.0647. The van der Waals surface area contributed by atoms with Crippen LogP contribution in [0.4, 0.5) is 0 Å². The first-order valence-corrected chi connectivity index (χ1v) is 10.5. The molecule has 2 aliphatic heterocycles. The molecule has 2 N–H and O–H groups in total. The van der Waals surface area contributed by atoms with Crippen LogP contribution in [0.2, 0.25) is 5.02 Å². The van der Waals surface area contributed by atoms with Gasteiger partial charge in [-0.3, -0.25) is 9.59 Å². The van der Waals surface area contributed by atoms with Crippen molar-refractivity contribution in [3.8, 4) is 0 Å². The summed E-state index contributed by atoms with van der Waals surface area (Å²) in [7, 11) is 1.68. The second-order valence-electron chi connectivity index (χ2n) is 8.07. The van der Waals surface area contributed by atoms with E-state index in [0.717, 1.165) is 16.8 Å². The fourth-order valence-electron chi connectivity index (χ4n) is 4.41. The first-order chi connectivity index (χ1) is 14.4. The lowest BCUT2D eigenvalue weighted by Crippen LogP contribution is -2.58. The number of halogens is 1. The van der Waals surface area contributed by atoms with Crippen LogP contribution in [0, 0.1) is 5.41 Å². The fourth-order valence-corrected chi connectivity index (χ4v) is 4.54. The predicted molar refractivity (Wildman–Crippen MR) is 117 cm³/mol. The Kier molecular flexibility index (Phi) is 5.62. The molecule has 1 saturated heterocycles. The van der Waals surface area contributed by atoms with Gasteiger partial charge in [0.2, 0.25) is 5.91 Å². The van der Waals surface area contributed by atoms with Crippen molar-refractivity contribution < 1.29 is 9.59 Å². The van der Waals surface area contributed by atoms with Gasteiger partial charge in [-0.2, -0.15) is 5.10 Å². The van der Waals surface area contributed by atoms with Gasteiger partial charge in [0.25, 0.3) is 5.91 Å². The van der Waals surface area contributed by atoms with E-state index >= 15 is 0 Å². The van der Waals surface area contributed by atoms with E-state index in [1.807, 2.05) is 42.5 Å². The van der Waals surface area contributed by atoms with Gasteiger partial charge in [-0.15, -0.1) is 0 Å². The van der Waals surface area contributed by atoms with Crippen LogP contribution >= 0.6 is 11.6 Å². The van der Waals surface area contributed by atoms with E-state index in [4.69, 9.17) is 17.3 Å². The SMILES string of the molecule is CN1N=C2CCN(C(=O)[C@H](N)Cc3ccc(Cl)cc3)CC2(Cc2ccccc2)C1=O. The number of likely N-dealkylation sites (tertiary alicyclic amines) is 1. The molecule has 4 rings (SSSR count). The monoisotopic (exact) mass is 424 g/mol. The van der Waals surface area contributed by atoms with Crippen LogP contribution in [0.15, 0.2) is 59.7 Å². The summed E-state index contributed by atoms with van der Waals surface area (Å²) < 4.78 is 0. The maximum absolute atomic E-state index is 13.2. The minimum Gasteiger partial charge on any atom is -0.339 e. The molecule has 2 amide bonds. The molecule has 0 aliphatic carbocycles. The first-order valence-electron chi connectivity index (χ1n) is 10.1. The molecule has 2 aromatic carbocycles. The van der Waals surface area contributed by atoms with Gasteiger partial charge in [0.05, 0.1) is 11.8 Å². The average Bonchev–Trinajstić information content (AvgIpc) is 2.99. The minimum atomic E-state index is -0.815. The molecule has 2 aliphatic rings. The van der Waals surface area contributed by atoms with Gasteiger partial charge < -0.3 is 10.6 Å². The zero-order chi connectivity index (χ0) is 21.3. The van der Waals surface area contributed by atoms with E-state index in [2.05, 4.69) is 5.10 Å². The Morgan fingerprint density at radius 3 is 2.57 bits per heavy atom. The summed E-state index contributed by atoms with van der Waals surface area (Å²) in [6.45, 7) is 0.820. The molecule has 7 heteroatoms. The number of rotatable bonds is 5. The smallest absolute Gasteiger partial charge is 0.256 e. The molecule has 1 unspecified atom stereocenters. The van der Waals surface area contributed by atoms with Crippen LogP contribution < -0.4 is 5.73 Å². The molecule has 0 saturated carbocycles. The van der Waals surface area contributed by atoms with Crippen LogP contribution in [0.5, 0.6) is 0 Å². The molecule has 156 valence electrons. The highest BCUT2D eigenvalue weighted by Gasteiger charge is 2.53. The zero-order valence-electron chi connectivity index (χ0n) is 16.9. The van der Waals surface area contributed by atoms with E-state index in [9.17, 15) is 9.59 Å². The Morgan fingerprint density at radius 1 is 1.17 bits per heavy atom. The quantitative estimate of drug-likeness (QED) is 0.800. The third kappa shape index (κ3) is 3.85. The lowest BCUT2D eigenvalue weighted by atomic mass is 9.73. The van der Waals surface area contributed by atoms with E-state index in [1.165, 1.54) is 5.01 Å². The van der Waals surface area contributed by atoms with Gasteiger partial charge in [-0.1, -0.05) is 54.1 Å². The van der Waals surface area contributed by atoms with Gasteiger partial charge in [0.1, 0.15) is 5.41 Å². The number of nitrogens with two attached hydrogens (primary N) is 1. The van der Waals surface area contributed by atoms with Crippen molar-refractivity contribution in [1.82, 2.24) is 9.91 Å². The van der Waals surface area contributed by atoms with Gasteiger partial charge >= 0.3 is 0 Å². The zero-order valence-corrected chi connectivity index (χ0v) is 17.7. The Hall–Kier alpha value is -2.70. The first kappa shape index (κ1) is 20.6. The van der Waals surface area contributed by atoms with Crippen molar-refractivity contribution in [3.63, 3.8) is 0 Å². The molecular formula is C23H25ClN4O2. The standard InChI is InChI=1S/C23H25ClN4O2/c1-27-22(30)23(14-17-5-3-2-4-6-17)15-28(12-11-20(23)26-27)21(29)19(25)13-16-7-9-18(24)10-8-16/h2-10,19H,11-15,25H2,1H3/t19-,23?/m1/s1. The number of hydrogen-bond acceptors (Lipinski definition) is 4. The second-order valence-corrected chi connectivity index (χ2v) is 8.50. The number of benzene rings is 2. The van der Waals surface area contributed by atoms with E-state index in [1.54, 1.807) is 24.1 Å². The van der Waals surface area contributed by atoms with Gasteiger partial charge in [0, 0.05) is 31.6 Å². The van der Waals surface area contributed by atoms with E-state index < -0.39 is 11.5 Å². The number of nitrogens with zero attached hydrogens (tertiary/aromatic N) is 3. The average molecular weight is 425 g/mol. The van der Waals surface area contributed by atoms with E-state index in [0.29, 0.717) is 37.4 Å². The molecule has 0 aromatic heterocycles. The Bertz CT molecular complexity index is 976. The third-order valence-corrected chi connectivity index (χ3v) is 6.20. The van der Waals surface area contributed by atoms with Crippen LogP contribution in [-0.2, 0) is 22.4 Å². The van der Waals surface area contributed by atoms with Crippen LogP contribution in [0.3, 0.4) is 0 Å². The maximum Gasteiger partial charge on any atom is 0.256 e. The summed E-state index contributed by atoms with van der Waals surface area (Å²) in [5.74, 6) is -0.205. The molecule has 6 nitrogen and oxygen atoms in total. The Balaban J connectivity index is 1.54. The highest BCUT2D eigenvalue weighted by atomic mass is 35.5. The topological polar surface area (TPSA) is 79.0 Å². The summed E-state index contributed by atoms with van der Waals surface area (Å²) in [5, 5.41) is 6.56. The normalized spacial score (nSPS) is 22.0. The van der Waals surface area contributed by atoms with Gasteiger partial charge in [-0.05, 0) is 36.1 Å². The van der Waals surface area contributed by atoms with Crippen molar-refractivity contribution in [2.45, 2.75) is 25.3 Å². The number of amides is 2. The van der Waals surface area contributed by atoms with Crippen molar-refractivity contribution in [2.75, 3.05) is 20.1 Å². The molecule has 1 fully saturated rings. The Morgan fingerprint density at radius 2 is 1.87 bits per heavy atom. The van der Waals surface area contributed by atoms with Crippen LogP contribution in [0.25, 0.3) is 0 Å². The fraction of sp³-hybridized carbons (Fsp3) is 0.348. The third-order valence-electron chi connectivity index (χ3n) is 5.95. The number of carbonyl (C=O) groups excluding carboxylic acids is 2. The summed E-state index contributed by atoms with van der Waals surface area (Å²) in [6.07, 6.45) is 1.52. The van der Waals surface area contributed by atoms with E-state index in [-0.39, 0.29) is 11.8 Å². The highest BCUT2D eigenvalue weighted by Crippen LogP contribution is 2.38. The molecule has 2 aromatic rings. The van der Waals surface area contributed by atoms with Crippen molar-refractivity contribution >= 4 is 29.1 Å². The largest absolute Gasteiger partial charge is 0.339 e. The molecule has 0 bridgehead atoms. The van der Waals surface area contributed by atoms with Crippen molar-refractivity contribution in [1.29, 1.82) is 0 Å². The molecule has 30 heavy (non-hydrogen) atoms.